The van der Waals surface area contributed by atoms with E-state index in [1.165, 1.54) is 0 Å². The first-order valence-corrected chi connectivity index (χ1v) is 4.05. The first-order valence-electron chi connectivity index (χ1n) is 3.68. The molecule has 0 saturated heterocycles. The summed E-state index contributed by atoms with van der Waals surface area (Å²) in [5, 5.41) is 10.5. The molecule has 1 heterocycles. The van der Waals surface area contributed by atoms with Crippen molar-refractivity contribution in [3.05, 3.63) is 28.8 Å². The zero-order chi connectivity index (χ0) is 9.42. The fourth-order valence-electron chi connectivity index (χ4n) is 1.29. The molecule has 0 spiro atoms. The average molecular weight is 196 g/mol. The van der Waals surface area contributed by atoms with Crippen molar-refractivity contribution < 1.29 is 9.90 Å². The minimum absolute atomic E-state index is 0.118. The van der Waals surface area contributed by atoms with E-state index in [1.54, 1.807) is 18.2 Å². The molecule has 0 aliphatic heterocycles. The molecule has 0 aliphatic carbocycles. The number of fused-ring (bicyclic) bond motifs is 1. The van der Waals surface area contributed by atoms with Crippen molar-refractivity contribution in [2.45, 2.75) is 0 Å². The number of halogens is 1. The number of aldehydes is 1. The SMILES string of the molecule is O=Cc1c(O)[nH]c2ccc(Cl)cc12. The van der Waals surface area contributed by atoms with Crippen LogP contribution in [-0.2, 0) is 0 Å². The molecule has 0 bridgehead atoms. The number of aromatic amines is 1. The number of aromatic nitrogens is 1. The Balaban J connectivity index is 2.88. The van der Waals surface area contributed by atoms with Crippen LogP contribution in [0, 0.1) is 0 Å². The van der Waals surface area contributed by atoms with Gasteiger partial charge in [0.05, 0.1) is 5.56 Å². The number of carbonyl (C=O) groups is 1. The fourth-order valence-corrected chi connectivity index (χ4v) is 1.46. The molecular weight excluding hydrogens is 190 g/mol. The number of rotatable bonds is 1. The second-order valence-electron chi connectivity index (χ2n) is 2.70. The molecule has 0 atom stereocenters. The Hall–Kier alpha value is -1.48. The lowest BCUT2D eigenvalue weighted by atomic mass is 10.2. The van der Waals surface area contributed by atoms with Gasteiger partial charge in [0.15, 0.2) is 12.2 Å². The van der Waals surface area contributed by atoms with Gasteiger partial charge in [0.25, 0.3) is 0 Å². The molecule has 0 radical (unpaired) electrons. The monoisotopic (exact) mass is 195 g/mol. The highest BCUT2D eigenvalue weighted by atomic mass is 35.5. The number of hydrogen-bond acceptors (Lipinski definition) is 2. The number of H-pyrrole nitrogens is 1. The van der Waals surface area contributed by atoms with Gasteiger partial charge in [-0.15, -0.1) is 0 Å². The van der Waals surface area contributed by atoms with Crippen LogP contribution in [0.15, 0.2) is 18.2 Å². The summed E-state index contributed by atoms with van der Waals surface area (Å²) in [4.78, 5) is 13.3. The summed E-state index contributed by atoms with van der Waals surface area (Å²) in [6.07, 6.45) is 0.602. The van der Waals surface area contributed by atoms with Crippen LogP contribution >= 0.6 is 11.6 Å². The summed E-state index contributed by atoms with van der Waals surface area (Å²) >= 11 is 5.75. The van der Waals surface area contributed by atoms with Crippen molar-refractivity contribution in [1.29, 1.82) is 0 Å². The van der Waals surface area contributed by atoms with Crippen LogP contribution in [0.25, 0.3) is 10.9 Å². The van der Waals surface area contributed by atoms with Crippen LogP contribution < -0.4 is 0 Å². The van der Waals surface area contributed by atoms with E-state index in [1.807, 2.05) is 0 Å². The average Bonchev–Trinajstić information content (AvgIpc) is 2.40. The summed E-state index contributed by atoms with van der Waals surface area (Å²) in [7, 11) is 0. The summed E-state index contributed by atoms with van der Waals surface area (Å²) in [5.41, 5.74) is 0.946. The van der Waals surface area contributed by atoms with Crippen molar-refractivity contribution in [3.63, 3.8) is 0 Å². The third kappa shape index (κ3) is 1.17. The van der Waals surface area contributed by atoms with Crippen molar-refractivity contribution in [1.82, 2.24) is 4.98 Å². The molecule has 1 aromatic carbocycles. The molecule has 2 aromatic rings. The third-order valence-electron chi connectivity index (χ3n) is 1.90. The fraction of sp³-hybridized carbons (Fsp3) is 0. The molecule has 13 heavy (non-hydrogen) atoms. The summed E-state index contributed by atoms with van der Waals surface area (Å²) in [5.74, 6) is -0.118. The van der Waals surface area contributed by atoms with E-state index < -0.39 is 0 Å². The summed E-state index contributed by atoms with van der Waals surface area (Å²) < 4.78 is 0. The van der Waals surface area contributed by atoms with Gasteiger partial charge in [-0.2, -0.15) is 0 Å². The molecule has 2 N–H and O–H groups in total. The summed E-state index contributed by atoms with van der Waals surface area (Å²) in [6.45, 7) is 0. The van der Waals surface area contributed by atoms with Crippen LogP contribution in [-0.4, -0.2) is 16.4 Å². The Morgan fingerprint density at radius 2 is 2.23 bits per heavy atom. The van der Waals surface area contributed by atoms with E-state index in [-0.39, 0.29) is 11.4 Å². The number of nitrogens with one attached hydrogen (secondary N) is 1. The first kappa shape index (κ1) is 8.13. The molecular formula is C9H6ClNO2. The second-order valence-corrected chi connectivity index (χ2v) is 3.13. The lowest BCUT2D eigenvalue weighted by Crippen LogP contribution is -1.75. The second kappa shape index (κ2) is 2.78. The first-order chi connectivity index (χ1) is 6.22. The standard InChI is InChI=1S/C9H6ClNO2/c10-5-1-2-8-6(3-5)7(4-12)9(13)11-8/h1-4,11,13H. The molecule has 1 aromatic heterocycles. The van der Waals surface area contributed by atoms with Gasteiger partial charge in [0, 0.05) is 15.9 Å². The molecule has 66 valence electrons. The predicted molar refractivity (Wildman–Crippen MR) is 50.4 cm³/mol. The number of hydrogen-bond donors (Lipinski definition) is 2. The maximum absolute atomic E-state index is 10.6. The Morgan fingerprint density at radius 3 is 2.92 bits per heavy atom. The minimum Gasteiger partial charge on any atom is -0.494 e. The highest BCUT2D eigenvalue weighted by Gasteiger charge is 2.09. The van der Waals surface area contributed by atoms with Crippen molar-refractivity contribution in [2.75, 3.05) is 0 Å². The van der Waals surface area contributed by atoms with Crippen LogP contribution in [0.1, 0.15) is 10.4 Å². The maximum Gasteiger partial charge on any atom is 0.200 e. The van der Waals surface area contributed by atoms with Crippen molar-refractivity contribution in [3.8, 4) is 5.88 Å². The highest BCUT2D eigenvalue weighted by Crippen LogP contribution is 2.27. The van der Waals surface area contributed by atoms with Gasteiger partial charge in [0.2, 0.25) is 0 Å². The molecule has 4 heteroatoms. The summed E-state index contributed by atoms with van der Waals surface area (Å²) in [6, 6.07) is 5.04. The van der Waals surface area contributed by atoms with E-state index in [0.717, 1.165) is 0 Å². The number of benzene rings is 1. The van der Waals surface area contributed by atoms with Gasteiger partial charge in [-0.3, -0.25) is 4.79 Å². The molecule has 0 saturated carbocycles. The van der Waals surface area contributed by atoms with Gasteiger partial charge in [-0.05, 0) is 18.2 Å². The smallest absolute Gasteiger partial charge is 0.200 e. The van der Waals surface area contributed by atoms with Gasteiger partial charge in [-0.1, -0.05) is 11.6 Å². The normalized spacial score (nSPS) is 10.5. The highest BCUT2D eigenvalue weighted by molar-refractivity contribution is 6.31. The minimum atomic E-state index is -0.118. The van der Waals surface area contributed by atoms with E-state index in [0.29, 0.717) is 22.2 Å². The van der Waals surface area contributed by atoms with Crippen molar-refractivity contribution >= 4 is 28.8 Å². The lowest BCUT2D eigenvalue weighted by Gasteiger charge is -1.90. The van der Waals surface area contributed by atoms with Gasteiger partial charge < -0.3 is 10.1 Å². The molecule has 3 nitrogen and oxygen atoms in total. The lowest BCUT2D eigenvalue weighted by molar-refractivity contribution is 0.112. The predicted octanol–water partition coefficient (Wildman–Crippen LogP) is 2.34. The van der Waals surface area contributed by atoms with Gasteiger partial charge in [-0.25, -0.2) is 0 Å². The van der Waals surface area contributed by atoms with Gasteiger partial charge in [0.1, 0.15) is 0 Å². The maximum atomic E-state index is 10.6. The molecule has 2 rings (SSSR count). The van der Waals surface area contributed by atoms with Crippen LogP contribution in [0.2, 0.25) is 5.02 Å². The topological polar surface area (TPSA) is 53.1 Å². The Kier molecular flexibility index (Phi) is 1.74. The zero-order valence-corrected chi connectivity index (χ0v) is 7.30. The van der Waals surface area contributed by atoms with E-state index in [2.05, 4.69) is 4.98 Å². The van der Waals surface area contributed by atoms with E-state index >= 15 is 0 Å². The molecule has 0 unspecified atom stereocenters. The van der Waals surface area contributed by atoms with Crippen LogP contribution in [0.4, 0.5) is 0 Å². The van der Waals surface area contributed by atoms with E-state index in [9.17, 15) is 9.90 Å². The van der Waals surface area contributed by atoms with Crippen molar-refractivity contribution in [2.24, 2.45) is 0 Å². The largest absolute Gasteiger partial charge is 0.494 e. The zero-order valence-electron chi connectivity index (χ0n) is 6.54. The molecule has 0 fully saturated rings. The van der Waals surface area contributed by atoms with Crippen LogP contribution in [0.3, 0.4) is 0 Å². The number of carbonyl (C=O) groups excluding carboxylic acids is 1. The number of aromatic hydroxyl groups is 1. The Morgan fingerprint density at radius 1 is 1.46 bits per heavy atom. The molecule has 0 aliphatic rings. The van der Waals surface area contributed by atoms with Gasteiger partial charge >= 0.3 is 0 Å². The third-order valence-corrected chi connectivity index (χ3v) is 2.13. The van der Waals surface area contributed by atoms with Crippen LogP contribution in [0.5, 0.6) is 5.88 Å². The Bertz CT molecular complexity index is 476. The quantitative estimate of drug-likeness (QED) is 0.687. The molecule has 0 amide bonds. The van der Waals surface area contributed by atoms with E-state index in [4.69, 9.17) is 11.6 Å². The Labute approximate surface area is 78.9 Å².